The molecular weight excluding hydrogens is 282 g/mol. The molecule has 0 amide bonds. The van der Waals surface area contributed by atoms with Crippen LogP contribution in [0.1, 0.15) is 23.4 Å². The van der Waals surface area contributed by atoms with E-state index in [1.54, 1.807) is 18.4 Å². The lowest BCUT2D eigenvalue weighted by atomic mass is 9.90. The minimum absolute atomic E-state index is 0.752. The molecule has 5 heteroatoms. The van der Waals surface area contributed by atoms with Gasteiger partial charge in [-0.15, -0.1) is 10.2 Å². The molecule has 1 aliphatic heterocycles. The zero-order valence-corrected chi connectivity index (χ0v) is 13.4. The lowest BCUT2D eigenvalue weighted by molar-refractivity contribution is 0.398. The molecule has 2 aromatic rings. The Labute approximate surface area is 129 Å². The number of methoxy groups -OCH3 is 1. The molecule has 4 nitrogen and oxygen atoms in total. The minimum atomic E-state index is 0.752. The molecule has 0 saturated carbocycles. The number of hydrogen-bond acceptors (Lipinski definition) is 5. The van der Waals surface area contributed by atoms with Gasteiger partial charge >= 0.3 is 0 Å². The quantitative estimate of drug-likeness (QED) is 0.868. The molecule has 3 rings (SSSR count). The number of aryl methyl sites for hydroxylation is 1. The molecule has 1 aromatic carbocycles. The van der Waals surface area contributed by atoms with Gasteiger partial charge in [0.1, 0.15) is 10.8 Å². The van der Waals surface area contributed by atoms with Crippen molar-refractivity contribution >= 4 is 16.5 Å². The molecule has 1 aliphatic rings. The number of benzene rings is 1. The second-order valence-electron chi connectivity index (χ2n) is 5.59. The first-order valence-electron chi connectivity index (χ1n) is 7.42. The van der Waals surface area contributed by atoms with Gasteiger partial charge < -0.3 is 9.64 Å². The first kappa shape index (κ1) is 14.3. The molecule has 0 unspecified atom stereocenters. The third kappa shape index (κ3) is 3.53. The monoisotopic (exact) mass is 303 g/mol. The van der Waals surface area contributed by atoms with Gasteiger partial charge in [-0.25, -0.2) is 0 Å². The third-order valence-electron chi connectivity index (χ3n) is 4.06. The van der Waals surface area contributed by atoms with Crippen molar-refractivity contribution in [1.29, 1.82) is 0 Å². The van der Waals surface area contributed by atoms with Crippen LogP contribution in [0.4, 0.5) is 5.13 Å². The highest BCUT2D eigenvalue weighted by Gasteiger charge is 2.21. The van der Waals surface area contributed by atoms with Crippen molar-refractivity contribution in [3.63, 3.8) is 0 Å². The molecule has 0 atom stereocenters. The predicted molar refractivity (Wildman–Crippen MR) is 86.3 cm³/mol. The van der Waals surface area contributed by atoms with Gasteiger partial charge in [0, 0.05) is 13.1 Å². The second-order valence-corrected chi connectivity index (χ2v) is 6.75. The van der Waals surface area contributed by atoms with Crippen molar-refractivity contribution in [2.24, 2.45) is 5.92 Å². The van der Waals surface area contributed by atoms with Gasteiger partial charge in [-0.2, -0.15) is 0 Å². The van der Waals surface area contributed by atoms with Crippen LogP contribution in [0.15, 0.2) is 24.3 Å². The fraction of sp³-hybridized carbons (Fsp3) is 0.500. The van der Waals surface area contributed by atoms with Crippen LogP contribution in [-0.4, -0.2) is 30.4 Å². The summed E-state index contributed by atoms with van der Waals surface area (Å²) in [6, 6.07) is 8.43. The van der Waals surface area contributed by atoms with Crippen LogP contribution in [0.3, 0.4) is 0 Å². The van der Waals surface area contributed by atoms with Gasteiger partial charge in [0.05, 0.1) is 7.11 Å². The zero-order valence-electron chi connectivity index (χ0n) is 12.6. The van der Waals surface area contributed by atoms with E-state index >= 15 is 0 Å². The Morgan fingerprint density at radius 1 is 1.29 bits per heavy atom. The van der Waals surface area contributed by atoms with Crippen molar-refractivity contribution < 1.29 is 4.74 Å². The van der Waals surface area contributed by atoms with Gasteiger partial charge in [0.25, 0.3) is 0 Å². The summed E-state index contributed by atoms with van der Waals surface area (Å²) in [6.07, 6.45) is 3.58. The molecule has 21 heavy (non-hydrogen) atoms. The van der Waals surface area contributed by atoms with E-state index in [-0.39, 0.29) is 0 Å². The Kier molecular flexibility index (Phi) is 4.39. The number of hydrogen-bond donors (Lipinski definition) is 0. The SMILES string of the molecule is COc1cccc(CC2CCN(c3nnc(C)s3)CC2)c1. The lowest BCUT2D eigenvalue weighted by Gasteiger charge is -2.31. The Morgan fingerprint density at radius 2 is 2.10 bits per heavy atom. The van der Waals surface area contributed by atoms with Crippen molar-refractivity contribution in [1.82, 2.24) is 10.2 Å². The Morgan fingerprint density at radius 3 is 2.76 bits per heavy atom. The number of anilines is 1. The van der Waals surface area contributed by atoms with E-state index in [0.29, 0.717) is 0 Å². The summed E-state index contributed by atoms with van der Waals surface area (Å²) in [7, 11) is 1.72. The average molecular weight is 303 g/mol. The first-order chi connectivity index (χ1) is 10.2. The Hall–Kier alpha value is -1.62. The molecule has 0 bridgehead atoms. The summed E-state index contributed by atoms with van der Waals surface area (Å²) >= 11 is 1.69. The summed E-state index contributed by atoms with van der Waals surface area (Å²) < 4.78 is 5.30. The summed E-state index contributed by atoms with van der Waals surface area (Å²) in [6.45, 7) is 4.18. The van der Waals surface area contributed by atoms with Gasteiger partial charge in [0.15, 0.2) is 0 Å². The highest BCUT2D eigenvalue weighted by molar-refractivity contribution is 7.15. The van der Waals surface area contributed by atoms with Crippen LogP contribution in [0.25, 0.3) is 0 Å². The molecule has 0 spiro atoms. The number of piperidine rings is 1. The molecule has 0 N–H and O–H groups in total. The summed E-state index contributed by atoms with van der Waals surface area (Å²) in [5, 5.41) is 10.5. The molecule has 2 heterocycles. The van der Waals surface area contributed by atoms with Crippen molar-refractivity contribution in [3.05, 3.63) is 34.8 Å². The van der Waals surface area contributed by atoms with E-state index in [2.05, 4.69) is 33.3 Å². The largest absolute Gasteiger partial charge is 0.497 e. The van der Waals surface area contributed by atoms with E-state index in [1.807, 2.05) is 13.0 Å². The lowest BCUT2D eigenvalue weighted by Crippen LogP contribution is -2.34. The number of ether oxygens (including phenoxy) is 1. The predicted octanol–water partition coefficient (Wildman–Crippen LogP) is 3.31. The van der Waals surface area contributed by atoms with Gasteiger partial charge in [-0.05, 0) is 49.8 Å². The Balaban J connectivity index is 1.56. The molecule has 112 valence electrons. The van der Waals surface area contributed by atoms with Crippen LogP contribution in [0.5, 0.6) is 5.75 Å². The van der Waals surface area contributed by atoms with Crippen LogP contribution in [-0.2, 0) is 6.42 Å². The van der Waals surface area contributed by atoms with Crippen molar-refractivity contribution in [2.45, 2.75) is 26.2 Å². The molecule has 1 fully saturated rings. The van der Waals surface area contributed by atoms with Crippen LogP contribution >= 0.6 is 11.3 Å². The maximum absolute atomic E-state index is 5.30. The standard InChI is InChI=1S/C16H21N3OS/c1-12-17-18-16(21-12)19-8-6-13(7-9-19)10-14-4-3-5-15(11-14)20-2/h3-5,11,13H,6-10H2,1-2H3. The number of nitrogens with zero attached hydrogens (tertiary/aromatic N) is 3. The zero-order chi connectivity index (χ0) is 14.7. The summed E-state index contributed by atoms with van der Waals surface area (Å²) in [5.41, 5.74) is 1.37. The Bertz CT molecular complexity index is 591. The normalized spacial score (nSPS) is 16.2. The maximum atomic E-state index is 5.30. The second kappa shape index (κ2) is 6.43. The van der Waals surface area contributed by atoms with Crippen LogP contribution in [0.2, 0.25) is 0 Å². The number of rotatable bonds is 4. The molecule has 0 radical (unpaired) electrons. The van der Waals surface area contributed by atoms with E-state index in [0.717, 1.165) is 41.3 Å². The smallest absolute Gasteiger partial charge is 0.208 e. The highest BCUT2D eigenvalue weighted by Crippen LogP contribution is 2.28. The fourth-order valence-corrected chi connectivity index (χ4v) is 3.61. The molecule has 1 saturated heterocycles. The molecule has 1 aromatic heterocycles. The molecular formula is C16H21N3OS. The minimum Gasteiger partial charge on any atom is -0.497 e. The van der Waals surface area contributed by atoms with E-state index in [1.165, 1.54) is 18.4 Å². The van der Waals surface area contributed by atoms with E-state index < -0.39 is 0 Å². The topological polar surface area (TPSA) is 38.2 Å². The third-order valence-corrected chi connectivity index (χ3v) is 4.96. The van der Waals surface area contributed by atoms with Crippen LogP contribution < -0.4 is 9.64 Å². The first-order valence-corrected chi connectivity index (χ1v) is 8.24. The maximum Gasteiger partial charge on any atom is 0.208 e. The highest BCUT2D eigenvalue weighted by atomic mass is 32.1. The fourth-order valence-electron chi connectivity index (χ4n) is 2.88. The van der Waals surface area contributed by atoms with Crippen molar-refractivity contribution in [2.75, 3.05) is 25.1 Å². The summed E-state index contributed by atoms with van der Waals surface area (Å²) in [5.74, 6) is 1.71. The van der Waals surface area contributed by atoms with E-state index in [9.17, 15) is 0 Å². The van der Waals surface area contributed by atoms with Crippen LogP contribution in [0, 0.1) is 12.8 Å². The van der Waals surface area contributed by atoms with E-state index in [4.69, 9.17) is 4.74 Å². The van der Waals surface area contributed by atoms with Crippen molar-refractivity contribution in [3.8, 4) is 5.75 Å². The van der Waals surface area contributed by atoms with Gasteiger partial charge in [-0.1, -0.05) is 23.5 Å². The van der Waals surface area contributed by atoms with Gasteiger partial charge in [0.2, 0.25) is 5.13 Å². The average Bonchev–Trinajstić information content (AvgIpc) is 2.95. The molecule has 0 aliphatic carbocycles. The number of aromatic nitrogens is 2. The summed E-state index contributed by atoms with van der Waals surface area (Å²) in [4.78, 5) is 2.37. The van der Waals surface area contributed by atoms with Gasteiger partial charge in [-0.3, -0.25) is 0 Å².